The van der Waals surface area contributed by atoms with E-state index in [2.05, 4.69) is 233 Å². The topological polar surface area (TPSA) is 306 Å². The van der Waals surface area contributed by atoms with E-state index in [1.54, 1.807) is 82.1 Å². The first-order chi connectivity index (χ1) is 61.7. The SMILES string of the molecule is CC(C)(C)CC(=O)c1cc2c(s1)CC(C)(C)C2.CC(C)(C)CC(=O)c1sc2c(c1/C=N/N)CC(C)(C)C2.CC(C)(C)CC(=O)c1sc2c(c1C=O)CC(C)(C)C2.CC1(C)CC(Cl)=C(C=O)C1.CC1(C)CCC(=O)C1.CC1(C)Cc2cc(C(=O)O)sc2C1.CC1(C)Cc2sc3c(=O)[nH]ncc3c2C1.CCOC(=O)CS.CCOC(=O)c1cc2c(s1)CC(C)(C)C2.O=Cc1c(Cl)ccnc1Br. The minimum Gasteiger partial charge on any atom is -0.477 e. The fourth-order valence-electron chi connectivity index (χ4n) is 17.6. The molecule has 134 heavy (non-hydrogen) atoms. The van der Waals surface area contributed by atoms with Gasteiger partial charge in [0.15, 0.2) is 29.9 Å². The van der Waals surface area contributed by atoms with Crippen LogP contribution in [-0.2, 0) is 101 Å². The maximum absolute atomic E-state index is 12.5. The van der Waals surface area contributed by atoms with Crippen molar-refractivity contribution in [1.29, 1.82) is 0 Å². The number of carbonyl (C=O) groups is 10. The standard InChI is InChI=1S/C16H24N2OS.C16H22O2S.C15H22OS.C12H16O2S.C11H12N2OS.C10H12O2S.C8H11ClO.C7H12O.C6H3BrClNO.C4H8O2S/c1-15(2,3)7-12(19)14-11(9-18-17)10-6-16(4,5)8-13(10)20-14;1-15(2,3)7-12(18)14-11(9-17)10-6-16(4,5)8-13(10)19-14;1-14(2,3)8-11(16)12-6-10-7-15(4,5)9-13(10)17-12;1-4-14-11(13)9-5-8-6-12(2,3)7-10(8)15-9;1-11(2)3-6-7-5-12-13-10(14)9(7)15-8(6)4-11;1-10(2)4-6-3-7(9(11)12)13-8(6)5-10;1-8(2)3-6(5-10)7(9)4-8;1-7(2)4-3-6(8)5-7;7-6-4(3-10)5(8)1-2-9-6;1-2-6-4(5)3-7/h9H,6-8,17H2,1-5H3;9H,6-8H2,1-5H3;6H,7-9H2,1-5H3;5H,4,6-7H2,1-3H3;5H,3-4H2,1-2H3,(H,13,14);3H,4-5H2,1-2H3,(H,11,12);5H,3-4H2,1-2H3;3-5H2,1-2H3;1-3H;7H,2-3H2,1H3/b18-9+;;;;;;;;;. The number of hydrazone groups is 1. The Morgan fingerprint density at radius 3 is 1.29 bits per heavy atom. The molecule has 0 aromatic carbocycles. The van der Waals surface area contributed by atoms with E-state index in [0.29, 0.717) is 108 Å². The predicted molar refractivity (Wildman–Crippen MR) is 562 cm³/mol. The molecule has 0 radical (unpaired) electrons. The Morgan fingerprint density at radius 2 is 0.925 bits per heavy atom. The third kappa shape index (κ3) is 34.0. The number of carbonyl (C=O) groups excluding carboxylic acids is 9. The number of Topliss-reactive ketones (excluding diaryl/α,β-unsaturated/α-hetero) is 4. The number of thiol groups is 1. The highest BCUT2D eigenvalue weighted by molar-refractivity contribution is 9.10. The van der Waals surface area contributed by atoms with Crippen LogP contribution in [0.2, 0.25) is 5.02 Å². The van der Waals surface area contributed by atoms with Crippen LogP contribution in [0.5, 0.6) is 0 Å². The van der Waals surface area contributed by atoms with Crippen molar-refractivity contribution in [2.75, 3.05) is 19.0 Å². The number of aromatic amines is 1. The third-order valence-corrected chi connectivity index (χ3v) is 32.3. The van der Waals surface area contributed by atoms with Crippen LogP contribution in [0.25, 0.3) is 10.1 Å². The molecule has 0 spiro atoms. The number of hydrogen-bond acceptors (Lipinski definition) is 24. The van der Waals surface area contributed by atoms with Crippen LogP contribution in [-0.4, -0.2) is 105 Å². The molecule has 8 heterocycles. The number of carboxylic acid groups (broad SMARTS) is 1. The number of nitrogens with two attached hydrogens (primary N) is 1. The zero-order valence-electron chi connectivity index (χ0n) is 83.7. The van der Waals surface area contributed by atoms with Gasteiger partial charge in [-0.3, -0.25) is 43.2 Å². The van der Waals surface area contributed by atoms with Gasteiger partial charge >= 0.3 is 17.9 Å². The lowest BCUT2D eigenvalue weighted by molar-refractivity contribution is -0.139. The number of aldehydes is 3. The smallest absolute Gasteiger partial charge is 0.348 e. The number of ketones is 4. The van der Waals surface area contributed by atoms with E-state index in [1.807, 2.05) is 19.1 Å². The Bertz CT molecular complexity index is 5630. The molecule has 734 valence electrons. The lowest BCUT2D eigenvalue weighted by atomic mass is 9.88. The number of fused-ring (bicyclic) bond motifs is 8. The number of thiophene rings is 6. The molecule has 8 aromatic rings. The summed E-state index contributed by atoms with van der Waals surface area (Å²) in [5.74, 6) is 5.37. The number of carboxylic acids is 1. The Hall–Kier alpha value is -6.79. The van der Waals surface area contributed by atoms with Crippen LogP contribution >= 0.6 is 120 Å². The number of nitrogens with one attached hydrogen (secondary N) is 1. The fourth-order valence-corrected chi connectivity index (χ4v) is 27.3. The number of H-pyrrole nitrogens is 1. The summed E-state index contributed by atoms with van der Waals surface area (Å²) in [4.78, 5) is 139. The molecular weight excluding hydrogens is 1930 g/mol. The molecule has 0 saturated heterocycles. The maximum Gasteiger partial charge on any atom is 0.348 e. The third-order valence-electron chi connectivity index (χ3n) is 23.3. The maximum atomic E-state index is 12.5. The average Bonchev–Trinajstić information content (AvgIpc) is 1.59. The Balaban J connectivity index is 0.000000206. The van der Waals surface area contributed by atoms with Crippen molar-refractivity contribution in [3.8, 4) is 0 Å². The molecule has 0 amide bonds. The molecule has 0 atom stereocenters. The summed E-state index contributed by atoms with van der Waals surface area (Å²) in [5, 5.41) is 21.0. The first-order valence-corrected chi connectivity index (χ1v) is 52.9. The second-order valence-corrected chi connectivity index (χ2v) is 54.8. The number of ether oxygens (including phenoxy) is 2. The number of allylic oxidation sites excluding steroid dienone is 2. The van der Waals surface area contributed by atoms with E-state index < -0.39 is 5.97 Å². The molecule has 19 nitrogen and oxygen atoms in total. The molecule has 8 aliphatic carbocycles. The average molecular weight is 2070 g/mol. The summed E-state index contributed by atoms with van der Waals surface area (Å²) < 4.78 is 10.8. The van der Waals surface area contributed by atoms with Gasteiger partial charge in [-0.05, 0) is 243 Å². The van der Waals surface area contributed by atoms with Crippen molar-refractivity contribution in [2.45, 2.75) is 315 Å². The quantitative estimate of drug-likeness (QED) is 0.0108. The monoisotopic (exact) mass is 2070 g/mol. The number of rotatable bonds is 15. The van der Waals surface area contributed by atoms with Gasteiger partial charge in [-0.2, -0.15) is 22.8 Å². The van der Waals surface area contributed by atoms with E-state index in [-0.39, 0.29) is 67.3 Å². The van der Waals surface area contributed by atoms with E-state index in [1.165, 1.54) is 74.6 Å². The Labute approximate surface area is 842 Å². The van der Waals surface area contributed by atoms with Gasteiger partial charge in [-0.1, -0.05) is 196 Å². The van der Waals surface area contributed by atoms with Gasteiger partial charge < -0.3 is 20.4 Å². The highest BCUT2D eigenvalue weighted by Crippen LogP contribution is 2.50. The summed E-state index contributed by atoms with van der Waals surface area (Å²) in [5.41, 5.74) is 13.0. The number of pyridine rings is 1. The largest absolute Gasteiger partial charge is 0.477 e. The van der Waals surface area contributed by atoms with Crippen LogP contribution in [0.4, 0.5) is 0 Å². The van der Waals surface area contributed by atoms with Crippen LogP contribution in [0.1, 0.15) is 376 Å². The van der Waals surface area contributed by atoms with E-state index in [4.69, 9.17) is 38.9 Å². The molecule has 16 rings (SSSR count). The second-order valence-electron chi connectivity index (χ2n) is 46.1. The number of esters is 2. The normalized spacial score (nSPS) is 17.7. The van der Waals surface area contributed by atoms with Crippen LogP contribution in [0.3, 0.4) is 0 Å². The van der Waals surface area contributed by atoms with E-state index in [0.717, 1.165) is 168 Å². The van der Waals surface area contributed by atoms with Crippen molar-refractivity contribution in [3.63, 3.8) is 0 Å². The molecule has 8 aliphatic rings. The van der Waals surface area contributed by atoms with Crippen LogP contribution in [0.15, 0.2) is 61.8 Å². The van der Waals surface area contributed by atoms with Gasteiger partial charge in [0.2, 0.25) is 0 Å². The molecule has 4 N–H and O–H groups in total. The molecule has 1 saturated carbocycles. The number of aromatic nitrogens is 3. The van der Waals surface area contributed by atoms with Crippen molar-refractivity contribution in [1.82, 2.24) is 15.2 Å². The zero-order valence-corrected chi connectivity index (χ0v) is 92.6. The fraction of sp³-hybridized carbons (Fsp3) is 0.581. The number of nitrogens with zero attached hydrogens (tertiary/aromatic N) is 3. The minimum atomic E-state index is -0.794. The second kappa shape index (κ2) is 46.5. The van der Waals surface area contributed by atoms with Crippen LogP contribution < -0.4 is 11.4 Å². The van der Waals surface area contributed by atoms with Crippen molar-refractivity contribution >= 4 is 196 Å². The molecule has 29 heteroatoms. The molecule has 1 fully saturated rings. The van der Waals surface area contributed by atoms with Gasteiger partial charge in [0.25, 0.3) is 5.56 Å². The van der Waals surface area contributed by atoms with Crippen molar-refractivity contribution in [3.05, 3.63) is 171 Å². The summed E-state index contributed by atoms with van der Waals surface area (Å²) in [6.07, 6.45) is 26.0. The van der Waals surface area contributed by atoms with Crippen molar-refractivity contribution < 1.29 is 62.5 Å². The molecule has 8 aromatic heterocycles. The molecular formula is C105H142BrCl2N5O14S7. The highest BCUT2D eigenvalue weighted by Gasteiger charge is 2.41. The molecule has 0 aliphatic heterocycles. The van der Waals surface area contributed by atoms with Gasteiger partial charge in [-0.15, -0.1) is 68.0 Å². The minimum absolute atomic E-state index is 0.00190. The Kier molecular flexibility index (Phi) is 39.7. The number of aromatic carboxylic acids is 1. The van der Waals surface area contributed by atoms with Gasteiger partial charge in [0.1, 0.15) is 31.1 Å². The summed E-state index contributed by atoms with van der Waals surface area (Å²) >= 11 is 27.8. The number of halogens is 3. The Morgan fingerprint density at radius 1 is 0.515 bits per heavy atom. The van der Waals surface area contributed by atoms with E-state index in [9.17, 15) is 52.7 Å². The summed E-state index contributed by atoms with van der Waals surface area (Å²) in [7, 11) is 0. The summed E-state index contributed by atoms with van der Waals surface area (Å²) in [6, 6.07) is 7.54. The van der Waals surface area contributed by atoms with E-state index >= 15 is 0 Å². The van der Waals surface area contributed by atoms with Gasteiger partial charge in [-0.25, -0.2) is 19.7 Å². The summed E-state index contributed by atoms with van der Waals surface area (Å²) in [6.45, 7) is 58.9. The van der Waals surface area contributed by atoms with Crippen LogP contribution in [0, 0.1) is 59.6 Å². The van der Waals surface area contributed by atoms with Gasteiger partial charge in [0, 0.05) is 94.7 Å². The highest BCUT2D eigenvalue weighted by atomic mass is 79.9. The first-order valence-electron chi connectivity index (χ1n) is 45.9. The van der Waals surface area contributed by atoms with Crippen molar-refractivity contribution in [2.24, 2.45) is 70.5 Å². The number of hydrogen-bond donors (Lipinski definition) is 4. The molecule has 0 bridgehead atoms. The predicted octanol–water partition coefficient (Wildman–Crippen LogP) is 27.4. The molecule has 0 unspecified atom stereocenters. The van der Waals surface area contributed by atoms with Gasteiger partial charge in [0.05, 0.1) is 56.6 Å². The zero-order chi connectivity index (χ0) is 101. The first kappa shape index (κ1) is 114. The lowest BCUT2D eigenvalue weighted by Crippen LogP contribution is -2.15. The lowest BCUT2D eigenvalue weighted by Gasteiger charge is -2.18.